The van der Waals surface area contributed by atoms with Gasteiger partial charge in [-0.2, -0.15) is 0 Å². The highest BCUT2D eigenvalue weighted by Gasteiger charge is 2.11. The number of rotatable bonds is 4. The largest absolute Gasteiger partial charge is 0.464 e. The lowest BCUT2D eigenvalue weighted by atomic mass is 10.1. The molecule has 0 atom stereocenters. The molecule has 5 heteroatoms. The van der Waals surface area contributed by atoms with Gasteiger partial charge in [0.2, 0.25) is 11.8 Å². The lowest BCUT2D eigenvalue weighted by molar-refractivity contribution is -0.116. The van der Waals surface area contributed by atoms with E-state index in [-0.39, 0.29) is 18.2 Å². The molecule has 3 aromatic rings. The molecular formula is C19H18N2O3. The van der Waals surface area contributed by atoms with Crippen molar-refractivity contribution in [2.75, 3.05) is 10.6 Å². The van der Waals surface area contributed by atoms with E-state index in [1.54, 1.807) is 30.5 Å². The zero-order valence-electron chi connectivity index (χ0n) is 13.6. The first-order chi connectivity index (χ1) is 11.5. The second-order valence-electron chi connectivity index (χ2n) is 5.74. The summed E-state index contributed by atoms with van der Waals surface area (Å²) >= 11 is 0. The summed E-state index contributed by atoms with van der Waals surface area (Å²) in [5.74, 6) is -0.250. The number of carbonyl (C=O) groups is 2. The number of furan rings is 1. The van der Waals surface area contributed by atoms with Gasteiger partial charge in [0.15, 0.2) is 0 Å². The molecule has 122 valence electrons. The van der Waals surface area contributed by atoms with E-state index in [1.807, 2.05) is 25.1 Å². The molecule has 24 heavy (non-hydrogen) atoms. The van der Waals surface area contributed by atoms with Crippen molar-refractivity contribution in [1.29, 1.82) is 0 Å². The lowest BCUT2D eigenvalue weighted by Gasteiger charge is -2.06. The van der Waals surface area contributed by atoms with Gasteiger partial charge in [0.25, 0.3) is 0 Å². The minimum absolute atomic E-state index is 0.119. The highest BCUT2D eigenvalue weighted by molar-refractivity contribution is 5.96. The molecule has 0 aliphatic heterocycles. The number of aryl methyl sites for hydroxylation is 1. The second kappa shape index (κ2) is 6.58. The number of anilines is 2. The summed E-state index contributed by atoms with van der Waals surface area (Å²) in [5, 5.41) is 6.49. The Hall–Kier alpha value is -3.08. The topological polar surface area (TPSA) is 71.3 Å². The van der Waals surface area contributed by atoms with E-state index in [2.05, 4.69) is 10.6 Å². The van der Waals surface area contributed by atoms with Crippen LogP contribution in [0.5, 0.6) is 0 Å². The van der Waals surface area contributed by atoms with Crippen LogP contribution in [-0.2, 0) is 16.0 Å². The van der Waals surface area contributed by atoms with Crippen molar-refractivity contribution in [2.45, 2.75) is 20.3 Å². The van der Waals surface area contributed by atoms with E-state index in [9.17, 15) is 9.59 Å². The number of nitrogens with one attached hydrogen (secondary N) is 2. The van der Waals surface area contributed by atoms with Crippen LogP contribution >= 0.6 is 0 Å². The Labute approximate surface area is 139 Å². The SMILES string of the molecule is CC(=O)Nc1ccc(NC(=O)Cc2coc3ccc(C)cc23)cc1. The van der Waals surface area contributed by atoms with Crippen molar-refractivity contribution in [2.24, 2.45) is 0 Å². The predicted molar refractivity (Wildman–Crippen MR) is 94.0 cm³/mol. The average Bonchev–Trinajstić information content (AvgIpc) is 2.91. The Balaban J connectivity index is 1.68. The first kappa shape index (κ1) is 15.8. The van der Waals surface area contributed by atoms with Gasteiger partial charge < -0.3 is 15.1 Å². The Morgan fingerprint density at radius 1 is 1.00 bits per heavy atom. The Kier molecular flexibility index (Phi) is 4.33. The third-order valence-electron chi connectivity index (χ3n) is 3.65. The van der Waals surface area contributed by atoms with Crippen LogP contribution < -0.4 is 10.6 Å². The monoisotopic (exact) mass is 322 g/mol. The van der Waals surface area contributed by atoms with Crippen molar-refractivity contribution >= 4 is 34.2 Å². The summed E-state index contributed by atoms with van der Waals surface area (Å²) in [6.07, 6.45) is 1.87. The predicted octanol–water partition coefficient (Wildman–Crippen LogP) is 3.88. The van der Waals surface area contributed by atoms with Gasteiger partial charge in [-0.1, -0.05) is 11.6 Å². The molecule has 1 aromatic heterocycles. The number of hydrogen-bond donors (Lipinski definition) is 2. The molecule has 0 unspecified atom stereocenters. The molecule has 0 aliphatic carbocycles. The first-order valence-corrected chi connectivity index (χ1v) is 7.65. The molecule has 2 aromatic carbocycles. The second-order valence-corrected chi connectivity index (χ2v) is 5.74. The molecule has 1 heterocycles. The molecule has 2 N–H and O–H groups in total. The maximum atomic E-state index is 12.2. The van der Waals surface area contributed by atoms with Crippen LogP contribution in [-0.4, -0.2) is 11.8 Å². The summed E-state index contributed by atoms with van der Waals surface area (Å²) in [6, 6.07) is 12.9. The van der Waals surface area contributed by atoms with Crippen LogP contribution in [0.3, 0.4) is 0 Å². The van der Waals surface area contributed by atoms with Crippen molar-refractivity contribution in [1.82, 2.24) is 0 Å². The summed E-state index contributed by atoms with van der Waals surface area (Å²) in [6.45, 7) is 3.46. The van der Waals surface area contributed by atoms with Crippen molar-refractivity contribution < 1.29 is 14.0 Å². The zero-order valence-corrected chi connectivity index (χ0v) is 13.6. The van der Waals surface area contributed by atoms with Crippen LogP contribution in [0, 0.1) is 6.92 Å². The Morgan fingerprint density at radius 2 is 1.67 bits per heavy atom. The lowest BCUT2D eigenvalue weighted by Crippen LogP contribution is -2.14. The van der Waals surface area contributed by atoms with Crippen LogP contribution in [0.15, 0.2) is 53.1 Å². The fourth-order valence-electron chi connectivity index (χ4n) is 2.55. The molecule has 3 rings (SSSR count). The summed E-state index contributed by atoms with van der Waals surface area (Å²) in [5.41, 5.74) is 4.14. The van der Waals surface area contributed by atoms with Gasteiger partial charge in [-0.25, -0.2) is 0 Å². The standard InChI is InChI=1S/C19H18N2O3/c1-12-3-8-18-17(9-12)14(11-24-18)10-19(23)21-16-6-4-15(5-7-16)20-13(2)22/h3-9,11H,10H2,1-2H3,(H,20,22)(H,21,23). The van der Waals surface area contributed by atoms with Gasteiger partial charge in [0.05, 0.1) is 12.7 Å². The number of benzene rings is 2. The third kappa shape index (κ3) is 3.63. The van der Waals surface area contributed by atoms with Crippen molar-refractivity contribution in [3.63, 3.8) is 0 Å². The summed E-state index contributed by atoms with van der Waals surface area (Å²) < 4.78 is 5.49. The molecule has 2 amide bonds. The molecule has 0 radical (unpaired) electrons. The van der Waals surface area contributed by atoms with E-state index in [1.165, 1.54) is 6.92 Å². The number of fused-ring (bicyclic) bond motifs is 1. The molecule has 0 fully saturated rings. The number of carbonyl (C=O) groups excluding carboxylic acids is 2. The van der Waals surface area contributed by atoms with Gasteiger partial charge in [-0.05, 0) is 43.3 Å². The summed E-state index contributed by atoms with van der Waals surface area (Å²) in [4.78, 5) is 23.2. The fourth-order valence-corrected chi connectivity index (χ4v) is 2.55. The van der Waals surface area contributed by atoms with Crippen molar-refractivity contribution in [3.8, 4) is 0 Å². The van der Waals surface area contributed by atoms with E-state index >= 15 is 0 Å². The Bertz CT molecular complexity index is 895. The third-order valence-corrected chi connectivity index (χ3v) is 3.65. The van der Waals surface area contributed by atoms with E-state index in [0.29, 0.717) is 11.4 Å². The van der Waals surface area contributed by atoms with Gasteiger partial charge in [0, 0.05) is 29.2 Å². The van der Waals surface area contributed by atoms with Crippen molar-refractivity contribution in [3.05, 3.63) is 59.9 Å². The number of amides is 2. The molecule has 0 spiro atoms. The fraction of sp³-hybridized carbons (Fsp3) is 0.158. The number of hydrogen-bond acceptors (Lipinski definition) is 3. The van der Waals surface area contributed by atoms with Gasteiger partial charge >= 0.3 is 0 Å². The highest BCUT2D eigenvalue weighted by atomic mass is 16.3. The minimum atomic E-state index is -0.131. The first-order valence-electron chi connectivity index (χ1n) is 7.65. The molecule has 0 saturated carbocycles. The van der Waals surface area contributed by atoms with Crippen LogP contribution in [0.1, 0.15) is 18.1 Å². The highest BCUT2D eigenvalue weighted by Crippen LogP contribution is 2.23. The molecular weight excluding hydrogens is 304 g/mol. The van der Waals surface area contributed by atoms with Crippen LogP contribution in [0.2, 0.25) is 0 Å². The molecule has 5 nitrogen and oxygen atoms in total. The molecule has 0 aliphatic rings. The van der Waals surface area contributed by atoms with Gasteiger partial charge in [0.1, 0.15) is 5.58 Å². The molecule has 0 saturated heterocycles. The average molecular weight is 322 g/mol. The minimum Gasteiger partial charge on any atom is -0.464 e. The van der Waals surface area contributed by atoms with E-state index < -0.39 is 0 Å². The van der Waals surface area contributed by atoms with E-state index in [4.69, 9.17) is 4.42 Å². The van der Waals surface area contributed by atoms with Gasteiger partial charge in [-0.3, -0.25) is 9.59 Å². The zero-order chi connectivity index (χ0) is 17.1. The summed E-state index contributed by atoms with van der Waals surface area (Å²) in [7, 11) is 0. The molecule has 0 bridgehead atoms. The van der Waals surface area contributed by atoms with E-state index in [0.717, 1.165) is 22.1 Å². The maximum absolute atomic E-state index is 12.2. The smallest absolute Gasteiger partial charge is 0.228 e. The maximum Gasteiger partial charge on any atom is 0.228 e. The van der Waals surface area contributed by atoms with Crippen LogP contribution in [0.25, 0.3) is 11.0 Å². The Morgan fingerprint density at radius 3 is 2.33 bits per heavy atom. The normalized spacial score (nSPS) is 10.6. The van der Waals surface area contributed by atoms with Crippen LogP contribution in [0.4, 0.5) is 11.4 Å². The van der Waals surface area contributed by atoms with Gasteiger partial charge in [-0.15, -0.1) is 0 Å². The quantitative estimate of drug-likeness (QED) is 0.765.